The summed E-state index contributed by atoms with van der Waals surface area (Å²) in [5.41, 5.74) is 0.430. The molecule has 2 rings (SSSR count). The van der Waals surface area contributed by atoms with E-state index in [2.05, 4.69) is 0 Å². The van der Waals surface area contributed by atoms with Crippen molar-refractivity contribution >= 4 is 40.3 Å². The summed E-state index contributed by atoms with van der Waals surface area (Å²) in [4.78, 5) is 11.9. The van der Waals surface area contributed by atoms with Crippen molar-refractivity contribution in [2.75, 3.05) is 6.61 Å². The number of ketones is 1. The van der Waals surface area contributed by atoms with E-state index < -0.39 is 0 Å². The van der Waals surface area contributed by atoms with Crippen LogP contribution in [-0.2, 0) is 4.74 Å². The number of rotatable bonds is 2. The van der Waals surface area contributed by atoms with E-state index in [-0.39, 0.29) is 5.78 Å². The smallest absolute Gasteiger partial charge is 0.229 e. The molecule has 0 saturated carbocycles. The molecule has 1 aliphatic rings. The fourth-order valence-electron chi connectivity index (χ4n) is 1.34. The Balaban J connectivity index is 2.27. The van der Waals surface area contributed by atoms with Crippen LogP contribution in [0.5, 0.6) is 0 Å². The predicted octanol–water partition coefficient (Wildman–Crippen LogP) is 3.93. The van der Waals surface area contributed by atoms with Crippen LogP contribution in [0.1, 0.15) is 23.2 Å². The number of hydrogen-bond donors (Lipinski definition) is 0. The molecule has 0 bridgehead atoms. The number of carbonyl (C=O) groups excluding carboxylic acids is 1. The first-order chi connectivity index (χ1) is 7.18. The summed E-state index contributed by atoms with van der Waals surface area (Å²) in [7, 11) is 0. The van der Waals surface area contributed by atoms with E-state index in [1.807, 2.05) is 0 Å². The molecule has 0 aliphatic carbocycles. The first-order valence-corrected chi connectivity index (χ1v) is 6.08. The van der Waals surface area contributed by atoms with Gasteiger partial charge in [-0.1, -0.05) is 23.2 Å². The van der Waals surface area contributed by atoms with Gasteiger partial charge in [-0.3, -0.25) is 4.79 Å². The second kappa shape index (κ2) is 4.56. The molecule has 0 amide bonds. The molecule has 1 aliphatic heterocycles. The average molecular weight is 263 g/mol. The lowest BCUT2D eigenvalue weighted by Gasteiger charge is -2.13. The highest BCUT2D eigenvalue weighted by Gasteiger charge is 2.20. The normalized spacial score (nSPS) is 15.7. The van der Waals surface area contributed by atoms with Crippen LogP contribution in [0.25, 0.3) is 0 Å². The Morgan fingerprint density at radius 2 is 2.27 bits per heavy atom. The van der Waals surface area contributed by atoms with Gasteiger partial charge in [-0.15, -0.1) is 11.3 Å². The molecule has 0 aromatic carbocycles. The molecular formula is C10H8Cl2O2S. The van der Waals surface area contributed by atoms with Crippen molar-refractivity contribution in [2.24, 2.45) is 0 Å². The number of Topliss-reactive ketones (excluding diaryl/α,β-unsaturated/α-hetero) is 1. The highest BCUT2D eigenvalue weighted by Crippen LogP contribution is 2.33. The van der Waals surface area contributed by atoms with Crippen LogP contribution in [-0.4, -0.2) is 12.4 Å². The molecule has 0 unspecified atom stereocenters. The standard InChI is InChI=1S/C10H8Cl2O2S/c11-8-5-6(10(12)15-8)9(13)7-3-1-2-4-14-7/h3,5H,1-2,4H2. The van der Waals surface area contributed by atoms with E-state index in [1.165, 1.54) is 11.3 Å². The highest BCUT2D eigenvalue weighted by molar-refractivity contribution is 7.20. The van der Waals surface area contributed by atoms with Crippen LogP contribution in [0.15, 0.2) is 17.9 Å². The monoisotopic (exact) mass is 262 g/mol. The lowest BCUT2D eigenvalue weighted by Crippen LogP contribution is -2.10. The Bertz CT molecular complexity index is 423. The van der Waals surface area contributed by atoms with Crippen molar-refractivity contribution < 1.29 is 9.53 Å². The molecule has 15 heavy (non-hydrogen) atoms. The lowest BCUT2D eigenvalue weighted by molar-refractivity contribution is 0.0899. The molecule has 1 aromatic heterocycles. The van der Waals surface area contributed by atoms with Gasteiger partial charge in [0, 0.05) is 0 Å². The minimum absolute atomic E-state index is 0.178. The van der Waals surface area contributed by atoms with Crippen LogP contribution in [0.3, 0.4) is 0 Å². The molecule has 5 heteroatoms. The van der Waals surface area contributed by atoms with Gasteiger partial charge in [0.05, 0.1) is 16.5 Å². The topological polar surface area (TPSA) is 26.3 Å². The van der Waals surface area contributed by atoms with Crippen LogP contribution in [0.2, 0.25) is 8.67 Å². The molecule has 2 heterocycles. The number of thiophene rings is 1. The second-order valence-corrected chi connectivity index (χ2v) is 5.41. The van der Waals surface area contributed by atoms with Crippen LogP contribution in [0, 0.1) is 0 Å². The van der Waals surface area contributed by atoms with E-state index in [4.69, 9.17) is 27.9 Å². The van der Waals surface area contributed by atoms with Crippen LogP contribution in [0.4, 0.5) is 0 Å². The molecule has 0 N–H and O–H groups in total. The molecular weight excluding hydrogens is 255 g/mol. The van der Waals surface area contributed by atoms with Crippen molar-refractivity contribution in [3.63, 3.8) is 0 Å². The van der Waals surface area contributed by atoms with E-state index >= 15 is 0 Å². The summed E-state index contributed by atoms with van der Waals surface area (Å²) in [5.74, 6) is 0.209. The highest BCUT2D eigenvalue weighted by atomic mass is 35.5. The summed E-state index contributed by atoms with van der Waals surface area (Å²) in [6.45, 7) is 0.590. The number of halogens is 2. The van der Waals surface area contributed by atoms with E-state index in [1.54, 1.807) is 12.1 Å². The zero-order valence-electron chi connectivity index (χ0n) is 7.76. The largest absolute Gasteiger partial charge is 0.490 e. The molecule has 2 nitrogen and oxygen atoms in total. The quantitative estimate of drug-likeness (QED) is 0.755. The molecule has 0 atom stereocenters. The summed E-state index contributed by atoms with van der Waals surface area (Å²) in [5, 5.41) is 0. The average Bonchev–Trinajstić information content (AvgIpc) is 2.58. The number of allylic oxidation sites excluding steroid dienone is 2. The van der Waals surface area contributed by atoms with Crippen molar-refractivity contribution in [3.8, 4) is 0 Å². The third-order valence-electron chi connectivity index (χ3n) is 2.06. The maximum atomic E-state index is 11.9. The van der Waals surface area contributed by atoms with Gasteiger partial charge >= 0.3 is 0 Å². The number of hydrogen-bond acceptors (Lipinski definition) is 3. The van der Waals surface area contributed by atoms with Crippen LogP contribution < -0.4 is 0 Å². The molecule has 0 saturated heterocycles. The van der Waals surface area contributed by atoms with Gasteiger partial charge in [-0.25, -0.2) is 0 Å². The van der Waals surface area contributed by atoms with Crippen molar-refractivity contribution in [1.29, 1.82) is 0 Å². The number of carbonyl (C=O) groups is 1. The summed E-state index contributed by atoms with van der Waals surface area (Å²) < 4.78 is 6.20. The summed E-state index contributed by atoms with van der Waals surface area (Å²) in [6, 6.07) is 1.58. The van der Waals surface area contributed by atoms with Gasteiger partial charge in [0.2, 0.25) is 5.78 Å². The molecule has 1 aromatic rings. The fraction of sp³-hybridized carbons (Fsp3) is 0.300. The minimum atomic E-state index is -0.178. The van der Waals surface area contributed by atoms with E-state index in [9.17, 15) is 4.79 Å². The minimum Gasteiger partial charge on any atom is -0.490 e. The molecule has 0 spiro atoms. The third-order valence-corrected chi connectivity index (χ3v) is 3.55. The van der Waals surface area contributed by atoms with E-state index in [0.29, 0.717) is 26.6 Å². The van der Waals surface area contributed by atoms with Gasteiger partial charge in [-0.2, -0.15) is 0 Å². The Morgan fingerprint density at radius 3 is 2.80 bits per heavy atom. The van der Waals surface area contributed by atoms with E-state index in [0.717, 1.165) is 12.8 Å². The van der Waals surface area contributed by atoms with Gasteiger partial charge in [-0.05, 0) is 25.0 Å². The molecule has 0 fully saturated rings. The summed E-state index contributed by atoms with van der Waals surface area (Å²) >= 11 is 12.8. The predicted molar refractivity (Wildman–Crippen MR) is 61.9 cm³/mol. The van der Waals surface area contributed by atoms with Crippen LogP contribution >= 0.6 is 34.5 Å². The zero-order chi connectivity index (χ0) is 10.8. The Labute approximate surface area is 101 Å². The van der Waals surface area contributed by atoms with Crippen molar-refractivity contribution in [1.82, 2.24) is 0 Å². The van der Waals surface area contributed by atoms with Gasteiger partial charge in [0.15, 0.2) is 5.76 Å². The first-order valence-electron chi connectivity index (χ1n) is 4.51. The lowest BCUT2D eigenvalue weighted by atomic mass is 10.1. The molecule has 0 radical (unpaired) electrons. The fourth-order valence-corrected chi connectivity index (χ4v) is 2.80. The maximum absolute atomic E-state index is 11.9. The SMILES string of the molecule is O=C(C1=CCCCO1)c1cc(Cl)sc1Cl. The van der Waals surface area contributed by atoms with Crippen molar-refractivity contribution in [2.45, 2.75) is 12.8 Å². The first kappa shape index (κ1) is 11.0. The van der Waals surface area contributed by atoms with Gasteiger partial charge in [0.25, 0.3) is 0 Å². The van der Waals surface area contributed by atoms with Gasteiger partial charge in [0.1, 0.15) is 4.34 Å². The Kier molecular flexibility index (Phi) is 3.34. The molecule has 80 valence electrons. The maximum Gasteiger partial charge on any atom is 0.229 e. The second-order valence-electron chi connectivity index (χ2n) is 3.13. The summed E-state index contributed by atoms with van der Waals surface area (Å²) in [6.07, 6.45) is 3.62. The van der Waals surface area contributed by atoms with Gasteiger partial charge < -0.3 is 4.74 Å². The zero-order valence-corrected chi connectivity index (χ0v) is 10.1. The van der Waals surface area contributed by atoms with Crippen molar-refractivity contribution in [3.05, 3.63) is 32.1 Å². The Morgan fingerprint density at radius 1 is 1.47 bits per heavy atom. The Hall–Kier alpha value is -0.510. The number of ether oxygens (including phenoxy) is 1. The third kappa shape index (κ3) is 2.36.